The number of aromatic nitrogens is 4. The van der Waals surface area contributed by atoms with Crippen LogP contribution in [0, 0.1) is 0 Å². The summed E-state index contributed by atoms with van der Waals surface area (Å²) in [5, 5.41) is 12.6. The summed E-state index contributed by atoms with van der Waals surface area (Å²) in [6.45, 7) is 1.31. The lowest BCUT2D eigenvalue weighted by Crippen LogP contribution is -2.34. The van der Waals surface area contributed by atoms with E-state index in [0.717, 1.165) is 41.1 Å². The van der Waals surface area contributed by atoms with Gasteiger partial charge in [-0.3, -0.25) is 9.20 Å². The van der Waals surface area contributed by atoms with Crippen LogP contribution in [0.2, 0.25) is 0 Å². The second-order valence-corrected chi connectivity index (χ2v) is 8.35. The normalized spacial score (nSPS) is 12.3. The zero-order valence-electron chi connectivity index (χ0n) is 18.2. The standard InChI is InChI=1S/C23H27N5O3S/c1-30-14-13-27-12-9-17-19(27)6-5-7-20(17)31-16-22(29)24-18(10-15-32-2)23-26-25-21-8-3-4-11-28(21)23/h3-9,11-12,18H,10,13-16H2,1-2H3,(H,24,29)/t18-/m1/s1. The van der Waals surface area contributed by atoms with Crippen molar-refractivity contribution in [3.05, 3.63) is 60.7 Å². The second kappa shape index (κ2) is 10.5. The van der Waals surface area contributed by atoms with Gasteiger partial charge in [-0.2, -0.15) is 11.8 Å². The molecular weight excluding hydrogens is 426 g/mol. The molecule has 0 aliphatic heterocycles. The van der Waals surface area contributed by atoms with Crippen LogP contribution in [0.5, 0.6) is 5.75 Å². The van der Waals surface area contributed by atoms with Crippen molar-refractivity contribution < 1.29 is 14.3 Å². The molecule has 168 valence electrons. The minimum atomic E-state index is -0.248. The van der Waals surface area contributed by atoms with E-state index in [9.17, 15) is 4.79 Å². The molecule has 3 heterocycles. The molecule has 0 fully saturated rings. The molecule has 0 unspecified atom stereocenters. The van der Waals surface area contributed by atoms with Crippen LogP contribution in [0.15, 0.2) is 54.9 Å². The molecule has 4 aromatic rings. The van der Waals surface area contributed by atoms with Crippen LogP contribution in [-0.2, 0) is 16.1 Å². The third kappa shape index (κ3) is 4.89. The number of hydrogen-bond acceptors (Lipinski definition) is 6. The van der Waals surface area contributed by atoms with E-state index in [0.29, 0.717) is 12.4 Å². The number of ether oxygens (including phenoxy) is 2. The Labute approximate surface area is 190 Å². The summed E-state index contributed by atoms with van der Waals surface area (Å²) in [5.74, 6) is 2.10. The van der Waals surface area contributed by atoms with Gasteiger partial charge < -0.3 is 19.4 Å². The number of amides is 1. The zero-order chi connectivity index (χ0) is 22.3. The maximum absolute atomic E-state index is 12.8. The first-order valence-corrected chi connectivity index (χ1v) is 11.9. The van der Waals surface area contributed by atoms with Crippen molar-refractivity contribution in [1.29, 1.82) is 0 Å². The van der Waals surface area contributed by atoms with Crippen molar-refractivity contribution >= 4 is 34.2 Å². The Hall–Kier alpha value is -3.04. The lowest BCUT2D eigenvalue weighted by molar-refractivity contribution is -0.123. The van der Waals surface area contributed by atoms with Crippen LogP contribution in [0.4, 0.5) is 0 Å². The highest BCUT2D eigenvalue weighted by Gasteiger charge is 2.20. The number of thioether (sulfide) groups is 1. The van der Waals surface area contributed by atoms with E-state index in [2.05, 4.69) is 20.1 Å². The highest BCUT2D eigenvalue weighted by molar-refractivity contribution is 7.98. The summed E-state index contributed by atoms with van der Waals surface area (Å²) >= 11 is 1.73. The van der Waals surface area contributed by atoms with Gasteiger partial charge >= 0.3 is 0 Å². The molecule has 1 amide bonds. The summed E-state index contributed by atoms with van der Waals surface area (Å²) in [6.07, 6.45) is 6.71. The Kier molecular flexibility index (Phi) is 7.28. The number of carbonyl (C=O) groups excluding carboxylic acids is 1. The molecule has 0 bridgehead atoms. The van der Waals surface area contributed by atoms with E-state index >= 15 is 0 Å². The molecule has 0 aliphatic rings. The van der Waals surface area contributed by atoms with Crippen molar-refractivity contribution in [3.63, 3.8) is 0 Å². The van der Waals surface area contributed by atoms with Crippen LogP contribution in [0.25, 0.3) is 16.6 Å². The molecule has 0 aliphatic carbocycles. The van der Waals surface area contributed by atoms with Gasteiger partial charge in [0, 0.05) is 31.4 Å². The molecule has 32 heavy (non-hydrogen) atoms. The number of nitrogens with one attached hydrogen (secondary N) is 1. The fraction of sp³-hybridized carbons (Fsp3) is 0.348. The van der Waals surface area contributed by atoms with Crippen LogP contribution in [-0.4, -0.2) is 57.4 Å². The van der Waals surface area contributed by atoms with Crippen LogP contribution >= 0.6 is 11.8 Å². The fourth-order valence-corrected chi connectivity index (χ4v) is 4.16. The Morgan fingerprint density at radius 3 is 2.91 bits per heavy atom. The first-order chi connectivity index (χ1) is 15.7. The van der Waals surface area contributed by atoms with Gasteiger partial charge in [0.25, 0.3) is 5.91 Å². The van der Waals surface area contributed by atoms with E-state index < -0.39 is 0 Å². The summed E-state index contributed by atoms with van der Waals surface area (Å²) in [4.78, 5) is 12.8. The molecule has 0 saturated carbocycles. The number of hydrogen-bond donors (Lipinski definition) is 1. The van der Waals surface area contributed by atoms with Crippen molar-refractivity contribution in [2.24, 2.45) is 0 Å². The summed E-state index contributed by atoms with van der Waals surface area (Å²) in [6, 6.07) is 13.3. The van der Waals surface area contributed by atoms with Gasteiger partial charge in [-0.25, -0.2) is 0 Å². The van der Waals surface area contributed by atoms with Gasteiger partial charge in [-0.15, -0.1) is 10.2 Å². The Morgan fingerprint density at radius 1 is 1.16 bits per heavy atom. The van der Waals surface area contributed by atoms with Crippen molar-refractivity contribution in [1.82, 2.24) is 24.5 Å². The number of carbonyl (C=O) groups is 1. The number of nitrogens with zero attached hydrogens (tertiary/aromatic N) is 4. The highest BCUT2D eigenvalue weighted by Crippen LogP contribution is 2.27. The molecule has 9 heteroatoms. The fourth-order valence-electron chi connectivity index (χ4n) is 3.68. The van der Waals surface area contributed by atoms with Crippen molar-refractivity contribution in [3.8, 4) is 5.75 Å². The number of benzene rings is 1. The molecule has 8 nitrogen and oxygen atoms in total. The monoisotopic (exact) mass is 453 g/mol. The molecule has 1 aromatic carbocycles. The van der Waals surface area contributed by atoms with Crippen LogP contribution < -0.4 is 10.1 Å². The maximum Gasteiger partial charge on any atom is 0.258 e. The van der Waals surface area contributed by atoms with Crippen molar-refractivity contribution in [2.75, 3.05) is 32.3 Å². The Balaban J connectivity index is 1.45. The van der Waals surface area contributed by atoms with Gasteiger partial charge in [0.1, 0.15) is 5.75 Å². The maximum atomic E-state index is 12.8. The average molecular weight is 454 g/mol. The molecule has 1 atom stereocenters. The van der Waals surface area contributed by atoms with Gasteiger partial charge in [0.05, 0.1) is 18.2 Å². The minimum Gasteiger partial charge on any atom is -0.483 e. The Bertz CT molecular complexity index is 1190. The average Bonchev–Trinajstić information content (AvgIpc) is 3.43. The third-order valence-corrected chi connectivity index (χ3v) is 5.91. The number of methoxy groups -OCH3 is 1. The molecule has 0 spiro atoms. The van der Waals surface area contributed by atoms with Gasteiger partial charge in [-0.05, 0) is 48.8 Å². The van der Waals surface area contributed by atoms with E-state index in [-0.39, 0.29) is 18.6 Å². The minimum absolute atomic E-state index is 0.0745. The lowest BCUT2D eigenvalue weighted by atomic mass is 10.2. The SMILES string of the molecule is COCCn1ccc2c(OCC(=O)N[C@H](CCSC)c3nnc4ccccn34)cccc21. The largest absolute Gasteiger partial charge is 0.483 e. The number of rotatable bonds is 11. The smallest absolute Gasteiger partial charge is 0.258 e. The first-order valence-electron chi connectivity index (χ1n) is 10.5. The molecule has 0 saturated heterocycles. The third-order valence-electron chi connectivity index (χ3n) is 5.27. The highest BCUT2D eigenvalue weighted by atomic mass is 32.2. The summed E-state index contributed by atoms with van der Waals surface area (Å²) in [5.41, 5.74) is 1.81. The molecular formula is C23H27N5O3S. The summed E-state index contributed by atoms with van der Waals surface area (Å²) in [7, 11) is 1.69. The predicted molar refractivity (Wildman–Crippen MR) is 126 cm³/mol. The second-order valence-electron chi connectivity index (χ2n) is 7.37. The predicted octanol–water partition coefficient (Wildman–Crippen LogP) is 3.32. The quantitative estimate of drug-likeness (QED) is 0.375. The zero-order valence-corrected chi connectivity index (χ0v) is 19.0. The van der Waals surface area contributed by atoms with Gasteiger partial charge in [0.2, 0.25) is 0 Å². The van der Waals surface area contributed by atoms with E-state index in [1.807, 2.05) is 65.5 Å². The van der Waals surface area contributed by atoms with Crippen LogP contribution in [0.3, 0.4) is 0 Å². The topological polar surface area (TPSA) is 82.7 Å². The number of pyridine rings is 1. The van der Waals surface area contributed by atoms with Gasteiger partial charge in [-0.1, -0.05) is 12.1 Å². The molecule has 3 aromatic heterocycles. The molecule has 0 radical (unpaired) electrons. The summed E-state index contributed by atoms with van der Waals surface area (Å²) < 4.78 is 15.1. The Morgan fingerprint density at radius 2 is 2.06 bits per heavy atom. The van der Waals surface area contributed by atoms with Crippen molar-refractivity contribution in [2.45, 2.75) is 19.0 Å². The van der Waals surface area contributed by atoms with E-state index in [1.54, 1.807) is 18.9 Å². The number of fused-ring (bicyclic) bond motifs is 2. The van der Waals surface area contributed by atoms with E-state index in [4.69, 9.17) is 9.47 Å². The van der Waals surface area contributed by atoms with Gasteiger partial charge in [0.15, 0.2) is 18.1 Å². The lowest BCUT2D eigenvalue weighted by Gasteiger charge is -2.17. The molecule has 4 rings (SSSR count). The van der Waals surface area contributed by atoms with Crippen LogP contribution in [0.1, 0.15) is 18.3 Å². The first kappa shape index (κ1) is 22.2. The molecule has 1 N–H and O–H groups in total. The van der Waals surface area contributed by atoms with E-state index in [1.165, 1.54) is 0 Å².